The van der Waals surface area contributed by atoms with Gasteiger partial charge in [0.2, 0.25) is 0 Å². The van der Waals surface area contributed by atoms with E-state index in [1.807, 2.05) is 4.90 Å². The third-order valence-electron chi connectivity index (χ3n) is 7.69. The lowest BCUT2D eigenvalue weighted by Gasteiger charge is -2.41. The molecule has 1 N–H and O–H groups in total. The van der Waals surface area contributed by atoms with E-state index in [1.54, 1.807) is 6.08 Å². The number of aliphatic imine (C=N–C) groups is 1. The molecule has 12 heteroatoms. The molecule has 6 rings (SSSR count). The van der Waals surface area contributed by atoms with Crippen molar-refractivity contribution in [3.63, 3.8) is 0 Å². The Balaban J connectivity index is 1.35. The molecule has 36 heavy (non-hydrogen) atoms. The second kappa shape index (κ2) is 8.34. The number of nitrogens with zero attached hydrogens (tertiary/aromatic N) is 6. The first kappa shape index (κ1) is 23.5. The zero-order valence-corrected chi connectivity index (χ0v) is 19.4. The van der Waals surface area contributed by atoms with Crippen molar-refractivity contribution in [3.8, 4) is 0 Å². The van der Waals surface area contributed by atoms with Gasteiger partial charge in [0.05, 0.1) is 35.3 Å². The maximum Gasteiger partial charge on any atom is 0.407 e. The van der Waals surface area contributed by atoms with Crippen LogP contribution in [0.3, 0.4) is 0 Å². The van der Waals surface area contributed by atoms with E-state index in [2.05, 4.69) is 22.0 Å². The predicted molar refractivity (Wildman–Crippen MR) is 121 cm³/mol. The van der Waals surface area contributed by atoms with E-state index in [-0.39, 0.29) is 29.1 Å². The topological polar surface area (TPSA) is 68.7 Å². The van der Waals surface area contributed by atoms with Gasteiger partial charge in [-0.3, -0.25) is 19.3 Å². The average molecular weight is 508 g/mol. The van der Waals surface area contributed by atoms with E-state index in [4.69, 9.17) is 0 Å². The monoisotopic (exact) mass is 508 g/mol. The zero-order valence-electron chi connectivity index (χ0n) is 19.4. The molecule has 0 saturated carbocycles. The number of hydrogen-bond acceptors (Lipinski definition) is 6. The summed E-state index contributed by atoms with van der Waals surface area (Å²) in [6.07, 6.45) is 3.61. The van der Waals surface area contributed by atoms with Gasteiger partial charge in [-0.05, 0) is 37.7 Å². The van der Waals surface area contributed by atoms with Crippen molar-refractivity contribution in [1.29, 1.82) is 0 Å². The SMILES string of the molecule is CC1CC2CCC(C1)N2C(O)C1=CC2C(C=N1)C(c1cnc3c(F)cc(F)cn13)=NN2CC(F)(F)F. The summed E-state index contributed by atoms with van der Waals surface area (Å²) >= 11 is 0. The molecule has 6 heterocycles. The summed E-state index contributed by atoms with van der Waals surface area (Å²) in [5.74, 6) is -1.90. The molecule has 7 nitrogen and oxygen atoms in total. The van der Waals surface area contributed by atoms with Crippen LogP contribution in [0.2, 0.25) is 0 Å². The van der Waals surface area contributed by atoms with Crippen molar-refractivity contribution >= 4 is 17.6 Å². The normalized spacial score (nSPS) is 31.1. The van der Waals surface area contributed by atoms with Gasteiger partial charge in [0.15, 0.2) is 17.7 Å². The summed E-state index contributed by atoms with van der Waals surface area (Å²) in [7, 11) is 0. The van der Waals surface area contributed by atoms with E-state index in [9.17, 15) is 27.1 Å². The maximum absolute atomic E-state index is 14.2. The van der Waals surface area contributed by atoms with Crippen LogP contribution in [-0.2, 0) is 0 Å². The Kier molecular flexibility index (Phi) is 5.45. The molecule has 0 amide bonds. The second-order valence-corrected chi connectivity index (χ2v) is 10.2. The molecule has 5 unspecified atom stereocenters. The summed E-state index contributed by atoms with van der Waals surface area (Å²) in [6.45, 7) is 0.874. The van der Waals surface area contributed by atoms with Crippen LogP contribution in [-0.4, -0.2) is 73.4 Å². The van der Waals surface area contributed by atoms with Crippen LogP contribution in [0.15, 0.2) is 40.3 Å². The van der Waals surface area contributed by atoms with Gasteiger partial charge >= 0.3 is 6.18 Å². The molecule has 2 bridgehead atoms. The molecule has 4 aliphatic rings. The molecule has 5 atom stereocenters. The number of aromatic nitrogens is 2. The van der Waals surface area contributed by atoms with E-state index in [1.165, 1.54) is 12.4 Å². The fourth-order valence-electron chi connectivity index (χ4n) is 6.29. The first-order chi connectivity index (χ1) is 17.1. The highest BCUT2D eigenvalue weighted by Gasteiger charge is 2.47. The van der Waals surface area contributed by atoms with Crippen LogP contribution < -0.4 is 0 Å². The van der Waals surface area contributed by atoms with Gasteiger partial charge in [0.25, 0.3) is 0 Å². The van der Waals surface area contributed by atoms with Crippen molar-refractivity contribution in [2.45, 2.75) is 63.1 Å². The number of imidazole rings is 1. The second-order valence-electron chi connectivity index (χ2n) is 10.2. The van der Waals surface area contributed by atoms with Crippen LogP contribution in [0.5, 0.6) is 0 Å². The molecule has 0 radical (unpaired) electrons. The van der Waals surface area contributed by atoms with Crippen molar-refractivity contribution in [1.82, 2.24) is 19.3 Å². The van der Waals surface area contributed by atoms with Crippen LogP contribution in [0.25, 0.3) is 5.65 Å². The Bertz CT molecular complexity index is 1270. The van der Waals surface area contributed by atoms with Crippen LogP contribution in [0, 0.1) is 23.5 Å². The Morgan fingerprint density at radius 1 is 1.17 bits per heavy atom. The minimum Gasteiger partial charge on any atom is -0.372 e. The number of aliphatic hydroxyl groups excluding tert-OH is 1. The summed E-state index contributed by atoms with van der Waals surface area (Å²) in [6, 6.07) is 0.252. The fraction of sp³-hybridized carbons (Fsp3) is 0.542. The Morgan fingerprint density at radius 2 is 1.89 bits per heavy atom. The standard InChI is InChI=1S/C24H25F5N6O/c1-12-4-14-2-3-15(5-12)35(14)23(36)18-7-19-16(8-30-18)21(32-34(19)11-24(27,28)29)20-9-31-22-17(26)6-13(25)10-33(20)22/h6-10,12,14-16,19,23,36H,2-5,11H2,1H3. The van der Waals surface area contributed by atoms with E-state index in [0.29, 0.717) is 17.7 Å². The van der Waals surface area contributed by atoms with E-state index in [0.717, 1.165) is 41.3 Å². The fourth-order valence-corrected chi connectivity index (χ4v) is 6.29. The van der Waals surface area contributed by atoms with Gasteiger partial charge in [0, 0.05) is 30.6 Å². The van der Waals surface area contributed by atoms with E-state index < -0.39 is 42.5 Å². The molecule has 4 aliphatic heterocycles. The number of fused-ring (bicyclic) bond motifs is 4. The molecule has 2 saturated heterocycles. The largest absolute Gasteiger partial charge is 0.407 e. The van der Waals surface area contributed by atoms with Gasteiger partial charge in [0.1, 0.15) is 12.4 Å². The number of alkyl halides is 3. The molecule has 0 aromatic carbocycles. The van der Waals surface area contributed by atoms with Gasteiger partial charge in [-0.25, -0.2) is 13.8 Å². The molecule has 192 valence electrons. The maximum atomic E-state index is 14.2. The highest BCUT2D eigenvalue weighted by molar-refractivity contribution is 6.11. The highest BCUT2D eigenvalue weighted by atomic mass is 19.4. The zero-order chi connectivity index (χ0) is 25.4. The quantitative estimate of drug-likeness (QED) is 0.640. The minimum atomic E-state index is -4.54. The highest BCUT2D eigenvalue weighted by Crippen LogP contribution is 2.41. The van der Waals surface area contributed by atoms with Crippen molar-refractivity contribution in [3.05, 3.63) is 47.6 Å². The summed E-state index contributed by atoms with van der Waals surface area (Å²) in [5.41, 5.74) is 0.479. The van der Waals surface area contributed by atoms with Gasteiger partial charge in [-0.2, -0.15) is 18.3 Å². The van der Waals surface area contributed by atoms with E-state index >= 15 is 0 Å². The number of rotatable bonds is 4. The third-order valence-corrected chi connectivity index (χ3v) is 7.69. The minimum absolute atomic E-state index is 0.158. The summed E-state index contributed by atoms with van der Waals surface area (Å²) in [4.78, 5) is 10.5. The lowest BCUT2D eigenvalue weighted by molar-refractivity contribution is -0.148. The first-order valence-electron chi connectivity index (χ1n) is 12.0. The summed E-state index contributed by atoms with van der Waals surface area (Å²) < 4.78 is 69.6. The number of halogens is 5. The van der Waals surface area contributed by atoms with Gasteiger partial charge in [-0.15, -0.1) is 0 Å². The smallest absolute Gasteiger partial charge is 0.372 e. The Hall–Kier alpha value is -2.86. The number of pyridine rings is 1. The molecular weight excluding hydrogens is 483 g/mol. The Labute approximate surface area is 203 Å². The van der Waals surface area contributed by atoms with Crippen molar-refractivity contribution < 1.29 is 27.1 Å². The number of piperidine rings is 1. The van der Waals surface area contributed by atoms with Gasteiger partial charge < -0.3 is 5.11 Å². The van der Waals surface area contributed by atoms with Crippen molar-refractivity contribution in [2.75, 3.05) is 6.54 Å². The molecular formula is C24H25F5N6O. The van der Waals surface area contributed by atoms with Crippen LogP contribution in [0.4, 0.5) is 22.0 Å². The third kappa shape index (κ3) is 3.90. The Morgan fingerprint density at radius 3 is 2.58 bits per heavy atom. The molecule has 0 aliphatic carbocycles. The summed E-state index contributed by atoms with van der Waals surface area (Å²) in [5, 5.41) is 16.3. The lowest BCUT2D eigenvalue weighted by atomic mass is 9.90. The number of hydrogen-bond donors (Lipinski definition) is 1. The first-order valence-corrected chi connectivity index (χ1v) is 12.0. The number of hydrazone groups is 1. The van der Waals surface area contributed by atoms with Crippen molar-refractivity contribution in [2.24, 2.45) is 21.9 Å². The molecule has 2 aromatic rings. The molecule has 0 spiro atoms. The van der Waals surface area contributed by atoms with Crippen LogP contribution >= 0.6 is 0 Å². The lowest BCUT2D eigenvalue weighted by Crippen LogP contribution is -2.50. The number of aliphatic hydroxyl groups is 1. The van der Waals surface area contributed by atoms with Gasteiger partial charge in [-0.1, -0.05) is 6.92 Å². The predicted octanol–water partition coefficient (Wildman–Crippen LogP) is 3.73. The molecule has 2 fully saturated rings. The van der Waals surface area contributed by atoms with Crippen LogP contribution in [0.1, 0.15) is 38.3 Å². The average Bonchev–Trinajstić information content (AvgIpc) is 3.44. The molecule has 2 aromatic heterocycles.